The van der Waals surface area contributed by atoms with Crippen molar-refractivity contribution in [1.29, 1.82) is 0 Å². The number of nitrogens with zero attached hydrogens (tertiary/aromatic N) is 1. The minimum atomic E-state index is -0.696. The first kappa shape index (κ1) is 20.0. The molecular weight excluding hydrogens is 434 g/mol. The van der Waals surface area contributed by atoms with Crippen LogP contribution in [0.15, 0.2) is 72.3 Å². The van der Waals surface area contributed by atoms with Gasteiger partial charge in [-0.2, -0.15) is 0 Å². The molecule has 7 heteroatoms. The minimum Gasteiger partial charge on any atom is -0.505 e. The Bertz CT molecular complexity index is 1500. The van der Waals surface area contributed by atoms with Crippen LogP contribution in [0.4, 0.5) is 0 Å². The molecule has 156 valence electrons. The largest absolute Gasteiger partial charge is 0.505 e. The molecule has 3 heterocycles. The molecule has 31 heavy (non-hydrogen) atoms. The first-order chi connectivity index (χ1) is 14.7. The Morgan fingerprint density at radius 1 is 1.06 bits per heavy atom. The summed E-state index contributed by atoms with van der Waals surface area (Å²) in [7, 11) is 0. The maximum Gasteiger partial charge on any atom is 0.354 e. The second-order valence-electron chi connectivity index (χ2n) is 8.18. The average Bonchev–Trinajstić information content (AvgIpc) is 2.93. The molecule has 1 aliphatic heterocycles. The third-order valence-electron chi connectivity index (χ3n) is 5.75. The monoisotopic (exact) mass is 451 g/mol. The van der Waals surface area contributed by atoms with Gasteiger partial charge in [-0.05, 0) is 42.8 Å². The fourth-order valence-electron chi connectivity index (χ4n) is 4.14. The van der Waals surface area contributed by atoms with E-state index in [0.29, 0.717) is 15.6 Å². The quantitative estimate of drug-likeness (QED) is 0.441. The Hall–Kier alpha value is -2.96. The lowest BCUT2D eigenvalue weighted by Crippen LogP contribution is -2.24. The lowest BCUT2D eigenvalue weighted by molar-refractivity contribution is 0.445. The molecule has 2 aromatic carbocycles. The van der Waals surface area contributed by atoms with Crippen molar-refractivity contribution in [1.82, 2.24) is 4.57 Å². The molecule has 2 aromatic heterocycles. The normalized spacial score (nSPS) is 13.9. The van der Waals surface area contributed by atoms with Gasteiger partial charge in [0.2, 0.25) is 0 Å². The van der Waals surface area contributed by atoms with Gasteiger partial charge in [0.05, 0.1) is 5.69 Å². The van der Waals surface area contributed by atoms with Gasteiger partial charge in [0.25, 0.3) is 5.56 Å². The number of aromatic nitrogens is 1. The molecular formula is C24H18ClNO4S. The summed E-state index contributed by atoms with van der Waals surface area (Å²) in [6, 6.07) is 14.4. The van der Waals surface area contributed by atoms with Gasteiger partial charge in [-0.3, -0.25) is 9.36 Å². The van der Waals surface area contributed by atoms with Crippen LogP contribution in [0.3, 0.4) is 0 Å². The van der Waals surface area contributed by atoms with E-state index >= 15 is 0 Å². The van der Waals surface area contributed by atoms with Crippen molar-refractivity contribution in [2.75, 3.05) is 0 Å². The summed E-state index contributed by atoms with van der Waals surface area (Å²) in [6.07, 6.45) is 0. The lowest BCUT2D eigenvalue weighted by Gasteiger charge is -2.20. The van der Waals surface area contributed by atoms with Crippen molar-refractivity contribution in [2.24, 2.45) is 0 Å². The highest BCUT2D eigenvalue weighted by Crippen LogP contribution is 2.44. The first-order valence-electron chi connectivity index (χ1n) is 9.69. The highest BCUT2D eigenvalue weighted by atomic mass is 35.5. The third-order valence-corrected chi connectivity index (χ3v) is 7.08. The van der Waals surface area contributed by atoms with Crippen LogP contribution < -0.4 is 11.2 Å². The minimum absolute atomic E-state index is 0.0101. The van der Waals surface area contributed by atoms with Crippen LogP contribution >= 0.6 is 23.4 Å². The van der Waals surface area contributed by atoms with Gasteiger partial charge in [0.15, 0.2) is 5.75 Å². The molecule has 4 aromatic rings. The molecule has 0 unspecified atom stereocenters. The smallest absolute Gasteiger partial charge is 0.354 e. The number of fused-ring (bicyclic) bond motifs is 4. The summed E-state index contributed by atoms with van der Waals surface area (Å²) in [5.41, 5.74) is 2.10. The van der Waals surface area contributed by atoms with Gasteiger partial charge in [-0.1, -0.05) is 54.9 Å². The maximum atomic E-state index is 13.6. The fourth-order valence-corrected chi connectivity index (χ4v) is 5.09. The van der Waals surface area contributed by atoms with E-state index in [1.54, 1.807) is 34.9 Å². The van der Waals surface area contributed by atoms with Crippen LogP contribution in [-0.4, -0.2) is 9.67 Å². The van der Waals surface area contributed by atoms with Gasteiger partial charge in [0, 0.05) is 27.1 Å². The Morgan fingerprint density at radius 2 is 1.77 bits per heavy atom. The summed E-state index contributed by atoms with van der Waals surface area (Å²) in [5.74, 6) is -0.370. The topological polar surface area (TPSA) is 72.4 Å². The molecule has 5 nitrogen and oxygen atoms in total. The van der Waals surface area contributed by atoms with Crippen LogP contribution in [0.25, 0.3) is 16.7 Å². The molecule has 0 saturated heterocycles. The van der Waals surface area contributed by atoms with Crippen molar-refractivity contribution in [3.63, 3.8) is 0 Å². The third kappa shape index (κ3) is 2.93. The summed E-state index contributed by atoms with van der Waals surface area (Å²) in [4.78, 5) is 26.9. The maximum absolute atomic E-state index is 13.6. The van der Waals surface area contributed by atoms with Gasteiger partial charge in [-0.15, -0.1) is 0 Å². The van der Waals surface area contributed by atoms with Crippen LogP contribution in [0.5, 0.6) is 5.75 Å². The first-order valence-corrected chi connectivity index (χ1v) is 10.9. The zero-order valence-electron chi connectivity index (χ0n) is 17.0. The summed E-state index contributed by atoms with van der Waals surface area (Å²) in [5, 5.41) is 11.5. The second-order valence-corrected chi connectivity index (χ2v) is 9.70. The summed E-state index contributed by atoms with van der Waals surface area (Å²) in [6.45, 7) is 6.06. The van der Waals surface area contributed by atoms with E-state index in [4.69, 9.17) is 16.0 Å². The Morgan fingerprint density at radius 3 is 2.48 bits per heavy atom. The number of halogens is 1. The Labute approximate surface area is 186 Å². The Kier molecular flexibility index (Phi) is 4.36. The van der Waals surface area contributed by atoms with E-state index in [0.717, 1.165) is 28.6 Å². The van der Waals surface area contributed by atoms with Crippen LogP contribution in [0, 0.1) is 6.92 Å². The predicted octanol–water partition coefficient (Wildman–Crippen LogP) is 5.40. The van der Waals surface area contributed by atoms with E-state index in [1.807, 2.05) is 32.9 Å². The molecule has 0 radical (unpaired) electrons. The van der Waals surface area contributed by atoms with E-state index in [9.17, 15) is 14.7 Å². The molecule has 1 aliphatic rings. The van der Waals surface area contributed by atoms with Gasteiger partial charge in [0.1, 0.15) is 15.9 Å². The van der Waals surface area contributed by atoms with Crippen molar-refractivity contribution in [2.45, 2.75) is 36.0 Å². The number of pyridine rings is 1. The van der Waals surface area contributed by atoms with Gasteiger partial charge in [-0.25, -0.2) is 4.79 Å². The molecule has 0 atom stereocenters. The van der Waals surface area contributed by atoms with Crippen molar-refractivity contribution in [3.8, 4) is 11.4 Å². The zero-order valence-corrected chi connectivity index (χ0v) is 18.6. The van der Waals surface area contributed by atoms with Crippen molar-refractivity contribution < 1.29 is 9.52 Å². The van der Waals surface area contributed by atoms with E-state index in [2.05, 4.69) is 6.07 Å². The SMILES string of the molecule is Cc1ccc2c(c1)C(C)(C)c1cc3oc(=O)c(Sc4ccc(Cl)cc4)c(O)c3c(=O)n1-2. The van der Waals surface area contributed by atoms with Gasteiger partial charge >= 0.3 is 5.63 Å². The lowest BCUT2D eigenvalue weighted by atomic mass is 9.82. The van der Waals surface area contributed by atoms with Crippen molar-refractivity contribution >= 4 is 34.3 Å². The fraction of sp³-hybridized carbons (Fsp3) is 0.167. The molecule has 0 saturated carbocycles. The van der Waals surface area contributed by atoms with Crippen LogP contribution in [0.2, 0.25) is 5.02 Å². The summed E-state index contributed by atoms with van der Waals surface area (Å²) < 4.78 is 7.12. The number of hydrogen-bond acceptors (Lipinski definition) is 5. The Balaban J connectivity index is 1.79. The highest BCUT2D eigenvalue weighted by Gasteiger charge is 2.38. The predicted molar refractivity (Wildman–Crippen MR) is 122 cm³/mol. The van der Waals surface area contributed by atoms with E-state index in [1.165, 1.54) is 0 Å². The molecule has 5 rings (SSSR count). The summed E-state index contributed by atoms with van der Waals surface area (Å²) >= 11 is 6.95. The van der Waals surface area contributed by atoms with Crippen LogP contribution in [0.1, 0.15) is 30.7 Å². The standard InChI is InChI=1S/C24H18ClNO4S/c1-12-4-9-16-15(10-12)24(2,3)18-11-17-19(22(28)26(16)18)20(27)21(23(29)30-17)31-14-7-5-13(25)6-8-14/h4-11,27H,1-3H3. The molecule has 0 bridgehead atoms. The van der Waals surface area contributed by atoms with Crippen molar-refractivity contribution in [3.05, 3.63) is 91.1 Å². The average molecular weight is 452 g/mol. The highest BCUT2D eigenvalue weighted by molar-refractivity contribution is 7.99. The molecule has 0 fully saturated rings. The van der Waals surface area contributed by atoms with Gasteiger partial charge < -0.3 is 9.52 Å². The molecule has 0 amide bonds. The molecule has 1 N–H and O–H groups in total. The number of hydrogen-bond donors (Lipinski definition) is 1. The van der Waals surface area contributed by atoms with Crippen LogP contribution in [-0.2, 0) is 5.41 Å². The number of benzene rings is 2. The zero-order chi connectivity index (χ0) is 22.1. The second kappa shape index (κ2) is 6.77. The number of aryl methyl sites for hydroxylation is 1. The van der Waals surface area contributed by atoms with E-state index in [-0.39, 0.29) is 21.6 Å². The number of rotatable bonds is 2. The van der Waals surface area contributed by atoms with E-state index < -0.39 is 16.6 Å². The number of aromatic hydroxyl groups is 1. The molecule has 0 spiro atoms. The molecule has 0 aliphatic carbocycles.